The van der Waals surface area contributed by atoms with Gasteiger partial charge < -0.3 is 14.8 Å². The Labute approximate surface area is 151 Å². The van der Waals surface area contributed by atoms with Crippen LogP contribution in [-0.2, 0) is 14.3 Å². The molecule has 1 amide bonds. The molecule has 0 aliphatic rings. The SMILES string of the molecule is COC(=O)CCCNC(=S)NNC(=O)[C@@H](C)Oc1ccc(C#N)cc1. The summed E-state index contributed by atoms with van der Waals surface area (Å²) < 4.78 is 9.99. The molecular weight excluding hydrogens is 344 g/mol. The third-order valence-electron chi connectivity index (χ3n) is 3.04. The minimum Gasteiger partial charge on any atom is -0.481 e. The lowest BCUT2D eigenvalue weighted by molar-refractivity contribution is -0.140. The molecule has 25 heavy (non-hydrogen) atoms. The summed E-state index contributed by atoms with van der Waals surface area (Å²) in [5.41, 5.74) is 5.48. The average molecular weight is 364 g/mol. The van der Waals surface area contributed by atoms with Crippen molar-refractivity contribution in [2.45, 2.75) is 25.9 Å². The largest absolute Gasteiger partial charge is 0.481 e. The highest BCUT2D eigenvalue weighted by molar-refractivity contribution is 7.80. The van der Waals surface area contributed by atoms with Crippen LogP contribution in [0, 0.1) is 11.3 Å². The normalized spacial score (nSPS) is 10.8. The monoisotopic (exact) mass is 364 g/mol. The van der Waals surface area contributed by atoms with E-state index in [0.717, 1.165) is 0 Å². The van der Waals surface area contributed by atoms with E-state index in [1.54, 1.807) is 31.2 Å². The van der Waals surface area contributed by atoms with Crippen molar-refractivity contribution in [2.75, 3.05) is 13.7 Å². The van der Waals surface area contributed by atoms with E-state index in [9.17, 15) is 9.59 Å². The second-order valence-corrected chi connectivity index (χ2v) is 5.35. The Balaban J connectivity index is 2.26. The van der Waals surface area contributed by atoms with E-state index in [4.69, 9.17) is 22.2 Å². The number of carbonyl (C=O) groups excluding carboxylic acids is 2. The van der Waals surface area contributed by atoms with Gasteiger partial charge in [0.1, 0.15) is 5.75 Å². The topological polar surface area (TPSA) is 112 Å². The van der Waals surface area contributed by atoms with Crippen molar-refractivity contribution in [3.8, 4) is 11.8 Å². The van der Waals surface area contributed by atoms with Crippen LogP contribution in [0.2, 0.25) is 0 Å². The van der Waals surface area contributed by atoms with Gasteiger partial charge in [0.05, 0.1) is 18.7 Å². The van der Waals surface area contributed by atoms with Crippen molar-refractivity contribution in [1.82, 2.24) is 16.2 Å². The Kier molecular flexibility index (Phi) is 8.74. The highest BCUT2D eigenvalue weighted by atomic mass is 32.1. The quantitative estimate of drug-likeness (QED) is 0.282. The van der Waals surface area contributed by atoms with Gasteiger partial charge in [-0.15, -0.1) is 0 Å². The van der Waals surface area contributed by atoms with Crippen LogP contribution in [0.1, 0.15) is 25.3 Å². The molecule has 0 heterocycles. The lowest BCUT2D eigenvalue weighted by Crippen LogP contribution is -2.50. The van der Waals surface area contributed by atoms with E-state index < -0.39 is 12.0 Å². The van der Waals surface area contributed by atoms with Crippen LogP contribution in [0.3, 0.4) is 0 Å². The number of methoxy groups -OCH3 is 1. The number of hydrogen-bond donors (Lipinski definition) is 3. The summed E-state index contributed by atoms with van der Waals surface area (Å²) in [7, 11) is 1.33. The van der Waals surface area contributed by atoms with Gasteiger partial charge in [0.2, 0.25) is 0 Å². The van der Waals surface area contributed by atoms with Gasteiger partial charge in [-0.05, 0) is 49.8 Å². The molecule has 0 spiro atoms. The number of hydrogen-bond acceptors (Lipinski definition) is 6. The molecule has 0 unspecified atom stereocenters. The Morgan fingerprint density at radius 2 is 1.96 bits per heavy atom. The number of nitrogens with one attached hydrogen (secondary N) is 3. The molecule has 1 aromatic carbocycles. The molecule has 0 saturated heterocycles. The van der Waals surface area contributed by atoms with Crippen LogP contribution in [-0.4, -0.2) is 36.7 Å². The van der Waals surface area contributed by atoms with Crippen molar-refractivity contribution in [2.24, 2.45) is 0 Å². The first kappa shape index (κ1) is 20.2. The van der Waals surface area contributed by atoms with Gasteiger partial charge in [-0.2, -0.15) is 5.26 Å². The smallest absolute Gasteiger partial charge is 0.305 e. The summed E-state index contributed by atoms with van der Waals surface area (Å²) in [6.45, 7) is 2.05. The standard InChI is InChI=1S/C16H20N4O4S/c1-11(24-13-7-5-12(10-17)6-8-13)15(22)19-20-16(25)18-9-3-4-14(21)23-2/h5-8,11H,3-4,9H2,1-2H3,(H,19,22)(H2,18,20,25)/t11-/m1/s1. The molecule has 0 saturated carbocycles. The number of nitriles is 1. The maximum absolute atomic E-state index is 11.9. The van der Waals surface area contributed by atoms with E-state index in [0.29, 0.717) is 24.3 Å². The number of ether oxygens (including phenoxy) is 2. The number of amides is 1. The molecule has 134 valence electrons. The van der Waals surface area contributed by atoms with Crippen LogP contribution < -0.4 is 20.9 Å². The molecule has 0 bridgehead atoms. The van der Waals surface area contributed by atoms with Crippen molar-refractivity contribution in [3.05, 3.63) is 29.8 Å². The van der Waals surface area contributed by atoms with Gasteiger partial charge in [-0.3, -0.25) is 20.4 Å². The predicted octanol–water partition coefficient (Wildman–Crippen LogP) is 0.774. The molecule has 0 fully saturated rings. The van der Waals surface area contributed by atoms with Gasteiger partial charge >= 0.3 is 5.97 Å². The van der Waals surface area contributed by atoms with Gasteiger partial charge in [0, 0.05) is 13.0 Å². The van der Waals surface area contributed by atoms with Crippen LogP contribution in [0.15, 0.2) is 24.3 Å². The Hall–Kier alpha value is -2.86. The molecule has 0 aliphatic carbocycles. The highest BCUT2D eigenvalue weighted by Gasteiger charge is 2.14. The summed E-state index contributed by atoms with van der Waals surface area (Å²) in [4.78, 5) is 22.9. The molecular formula is C16H20N4O4S. The van der Waals surface area contributed by atoms with Crippen molar-refractivity contribution < 1.29 is 19.1 Å². The number of benzene rings is 1. The fraction of sp³-hybridized carbons (Fsp3) is 0.375. The van der Waals surface area contributed by atoms with Gasteiger partial charge in [-0.25, -0.2) is 0 Å². The average Bonchev–Trinajstić information content (AvgIpc) is 2.63. The zero-order valence-electron chi connectivity index (χ0n) is 14.0. The molecule has 0 radical (unpaired) electrons. The van der Waals surface area contributed by atoms with Crippen LogP contribution in [0.25, 0.3) is 0 Å². The van der Waals surface area contributed by atoms with E-state index in [-0.39, 0.29) is 17.5 Å². The van der Waals surface area contributed by atoms with Crippen molar-refractivity contribution in [3.63, 3.8) is 0 Å². The summed E-state index contributed by atoms with van der Waals surface area (Å²) in [5, 5.41) is 11.8. The van der Waals surface area contributed by atoms with Crippen LogP contribution in [0.4, 0.5) is 0 Å². The first-order valence-corrected chi connectivity index (χ1v) is 7.94. The maximum atomic E-state index is 11.9. The number of carbonyl (C=O) groups is 2. The molecule has 0 aliphatic heterocycles. The summed E-state index contributed by atoms with van der Waals surface area (Å²) in [6, 6.07) is 8.44. The van der Waals surface area contributed by atoms with Gasteiger partial charge in [-0.1, -0.05) is 0 Å². The molecule has 3 N–H and O–H groups in total. The molecule has 1 rings (SSSR count). The third kappa shape index (κ3) is 7.99. The van der Waals surface area contributed by atoms with Crippen LogP contribution in [0.5, 0.6) is 5.75 Å². The molecule has 8 nitrogen and oxygen atoms in total. The van der Waals surface area contributed by atoms with Crippen molar-refractivity contribution >= 4 is 29.2 Å². The number of esters is 1. The first-order valence-electron chi connectivity index (χ1n) is 7.53. The fourth-order valence-electron chi connectivity index (χ4n) is 1.67. The molecule has 1 atom stereocenters. The number of hydrazine groups is 1. The van der Waals surface area contributed by atoms with E-state index in [1.165, 1.54) is 7.11 Å². The number of thiocarbonyl (C=S) groups is 1. The lowest BCUT2D eigenvalue weighted by Gasteiger charge is -2.16. The van der Waals surface area contributed by atoms with Gasteiger partial charge in [0.25, 0.3) is 5.91 Å². The number of nitrogens with zero attached hydrogens (tertiary/aromatic N) is 1. The maximum Gasteiger partial charge on any atom is 0.305 e. The Morgan fingerprint density at radius 3 is 2.56 bits per heavy atom. The van der Waals surface area contributed by atoms with Crippen LogP contribution >= 0.6 is 12.2 Å². The summed E-state index contributed by atoms with van der Waals surface area (Å²) >= 11 is 5.00. The fourth-order valence-corrected chi connectivity index (χ4v) is 1.82. The summed E-state index contributed by atoms with van der Waals surface area (Å²) in [6.07, 6.45) is 0.0803. The van der Waals surface area contributed by atoms with Crippen molar-refractivity contribution in [1.29, 1.82) is 5.26 Å². The molecule has 0 aromatic heterocycles. The second kappa shape index (κ2) is 10.8. The predicted molar refractivity (Wildman–Crippen MR) is 94.4 cm³/mol. The van der Waals surface area contributed by atoms with E-state index in [1.807, 2.05) is 6.07 Å². The highest BCUT2D eigenvalue weighted by Crippen LogP contribution is 2.13. The van der Waals surface area contributed by atoms with Gasteiger partial charge in [0.15, 0.2) is 11.2 Å². The third-order valence-corrected chi connectivity index (χ3v) is 3.28. The molecule has 9 heteroatoms. The zero-order valence-corrected chi connectivity index (χ0v) is 14.8. The summed E-state index contributed by atoms with van der Waals surface area (Å²) in [5.74, 6) is -0.226. The number of rotatable bonds is 7. The zero-order chi connectivity index (χ0) is 18.7. The molecule has 1 aromatic rings. The minimum absolute atomic E-state index is 0.226. The van der Waals surface area contributed by atoms with E-state index >= 15 is 0 Å². The minimum atomic E-state index is -0.762. The Bertz CT molecular complexity index is 643. The second-order valence-electron chi connectivity index (χ2n) is 4.95. The lowest BCUT2D eigenvalue weighted by atomic mass is 10.2. The first-order chi connectivity index (χ1) is 12.0. The Morgan fingerprint density at radius 1 is 1.28 bits per heavy atom. The van der Waals surface area contributed by atoms with E-state index in [2.05, 4.69) is 20.9 Å².